The van der Waals surface area contributed by atoms with Gasteiger partial charge in [-0.3, -0.25) is 0 Å². The Kier molecular flexibility index (Phi) is 4.42. The van der Waals surface area contributed by atoms with Crippen LogP contribution in [0.25, 0.3) is 0 Å². The first-order chi connectivity index (χ1) is 6.19. The molecular weight excluding hydrogens is 180 g/mol. The molecule has 0 aromatic heterocycles. The van der Waals surface area contributed by atoms with E-state index in [0.717, 1.165) is 17.4 Å². The standard InChI is InChI=1S/C10H22O2Si/c1-8(2)7-10(9-5-6-9)13(11-3)12-4/h8-10,13H,5-7H2,1-4H3. The minimum absolute atomic E-state index is 0.745. The van der Waals surface area contributed by atoms with Crippen LogP contribution in [0.5, 0.6) is 0 Å². The lowest BCUT2D eigenvalue weighted by Gasteiger charge is -2.23. The Labute approximate surface area is 83.5 Å². The molecule has 3 heteroatoms. The highest BCUT2D eigenvalue weighted by Gasteiger charge is 2.38. The van der Waals surface area contributed by atoms with Gasteiger partial charge in [0.25, 0.3) is 0 Å². The maximum absolute atomic E-state index is 5.48. The van der Waals surface area contributed by atoms with Crippen LogP contribution in [0.3, 0.4) is 0 Å². The average Bonchev–Trinajstić information content (AvgIpc) is 2.86. The summed E-state index contributed by atoms with van der Waals surface area (Å²) >= 11 is 0. The zero-order chi connectivity index (χ0) is 9.84. The van der Waals surface area contributed by atoms with E-state index in [1.165, 1.54) is 19.3 Å². The maximum atomic E-state index is 5.48. The van der Waals surface area contributed by atoms with Crippen molar-refractivity contribution in [2.45, 2.75) is 38.7 Å². The fourth-order valence-corrected chi connectivity index (χ4v) is 4.53. The van der Waals surface area contributed by atoms with E-state index in [-0.39, 0.29) is 0 Å². The Morgan fingerprint density at radius 3 is 2.08 bits per heavy atom. The molecule has 1 atom stereocenters. The van der Waals surface area contributed by atoms with Gasteiger partial charge in [-0.15, -0.1) is 0 Å². The summed E-state index contributed by atoms with van der Waals surface area (Å²) in [5.74, 6) is 1.69. The number of hydrogen-bond donors (Lipinski definition) is 0. The minimum Gasteiger partial charge on any atom is -0.400 e. The van der Waals surface area contributed by atoms with Crippen molar-refractivity contribution in [3.63, 3.8) is 0 Å². The molecule has 2 nitrogen and oxygen atoms in total. The molecule has 0 saturated heterocycles. The van der Waals surface area contributed by atoms with Crippen molar-refractivity contribution in [2.24, 2.45) is 11.8 Å². The number of hydrogen-bond acceptors (Lipinski definition) is 2. The maximum Gasteiger partial charge on any atom is 0.324 e. The molecule has 0 N–H and O–H groups in total. The third kappa shape index (κ3) is 3.41. The van der Waals surface area contributed by atoms with E-state index in [4.69, 9.17) is 8.85 Å². The molecule has 0 aliphatic heterocycles. The van der Waals surface area contributed by atoms with Crippen molar-refractivity contribution in [2.75, 3.05) is 14.2 Å². The summed E-state index contributed by atoms with van der Waals surface area (Å²) in [5.41, 5.74) is 0.745. The van der Waals surface area contributed by atoms with Crippen LogP contribution in [0.4, 0.5) is 0 Å². The van der Waals surface area contributed by atoms with Gasteiger partial charge in [-0.2, -0.15) is 0 Å². The van der Waals surface area contributed by atoms with Gasteiger partial charge in [0.1, 0.15) is 0 Å². The molecular formula is C10H22O2Si. The highest BCUT2D eigenvalue weighted by molar-refractivity contribution is 6.46. The SMILES string of the molecule is CO[SiH](OC)C(CC(C)C)C1CC1. The van der Waals surface area contributed by atoms with Crippen LogP contribution in [0.15, 0.2) is 0 Å². The second-order valence-electron chi connectivity index (χ2n) is 4.47. The summed E-state index contributed by atoms with van der Waals surface area (Å²) < 4.78 is 11.0. The van der Waals surface area contributed by atoms with Crippen LogP contribution in [0.2, 0.25) is 5.54 Å². The second-order valence-corrected chi connectivity index (χ2v) is 7.01. The zero-order valence-corrected chi connectivity index (χ0v) is 10.4. The third-order valence-corrected chi connectivity index (χ3v) is 5.23. The Morgan fingerprint density at radius 2 is 1.77 bits per heavy atom. The predicted molar refractivity (Wildman–Crippen MR) is 57.1 cm³/mol. The van der Waals surface area contributed by atoms with Crippen molar-refractivity contribution >= 4 is 9.28 Å². The lowest BCUT2D eigenvalue weighted by atomic mass is 10.1. The Balaban J connectivity index is 2.44. The topological polar surface area (TPSA) is 18.5 Å². The molecule has 0 radical (unpaired) electrons. The summed E-state index contributed by atoms with van der Waals surface area (Å²) in [6, 6.07) is 0. The third-order valence-electron chi connectivity index (χ3n) is 2.79. The van der Waals surface area contributed by atoms with Crippen LogP contribution in [-0.2, 0) is 8.85 Å². The van der Waals surface area contributed by atoms with E-state index in [0.29, 0.717) is 0 Å². The van der Waals surface area contributed by atoms with Crippen molar-refractivity contribution in [3.8, 4) is 0 Å². The largest absolute Gasteiger partial charge is 0.400 e. The van der Waals surface area contributed by atoms with Gasteiger partial charge in [-0.1, -0.05) is 26.7 Å². The van der Waals surface area contributed by atoms with Crippen molar-refractivity contribution < 1.29 is 8.85 Å². The molecule has 1 rings (SSSR count). The fourth-order valence-electron chi connectivity index (χ4n) is 2.04. The smallest absolute Gasteiger partial charge is 0.324 e. The minimum atomic E-state index is -1.36. The van der Waals surface area contributed by atoms with E-state index in [1.807, 2.05) is 0 Å². The lowest BCUT2D eigenvalue weighted by Crippen LogP contribution is -2.28. The zero-order valence-electron chi connectivity index (χ0n) is 9.25. The van der Waals surface area contributed by atoms with E-state index in [9.17, 15) is 0 Å². The molecule has 1 saturated carbocycles. The molecule has 0 bridgehead atoms. The van der Waals surface area contributed by atoms with Gasteiger partial charge >= 0.3 is 9.28 Å². The number of rotatable bonds is 6. The lowest BCUT2D eigenvalue weighted by molar-refractivity contribution is 0.252. The Hall–Kier alpha value is 0.137. The summed E-state index contributed by atoms with van der Waals surface area (Å²) in [6.07, 6.45) is 4.07. The van der Waals surface area contributed by atoms with Crippen LogP contribution < -0.4 is 0 Å². The highest BCUT2D eigenvalue weighted by atomic mass is 28.3. The molecule has 1 unspecified atom stereocenters. The second kappa shape index (κ2) is 5.13. The van der Waals surface area contributed by atoms with Gasteiger partial charge < -0.3 is 8.85 Å². The quantitative estimate of drug-likeness (QED) is 0.615. The molecule has 0 spiro atoms. The summed E-state index contributed by atoms with van der Waals surface area (Å²) in [5, 5.41) is 0. The molecule has 13 heavy (non-hydrogen) atoms. The van der Waals surface area contributed by atoms with E-state index in [2.05, 4.69) is 13.8 Å². The van der Waals surface area contributed by atoms with Gasteiger partial charge in [0.15, 0.2) is 0 Å². The molecule has 0 aromatic carbocycles. The molecule has 1 aliphatic rings. The van der Waals surface area contributed by atoms with Crippen LogP contribution in [0.1, 0.15) is 33.1 Å². The Morgan fingerprint density at radius 1 is 1.23 bits per heavy atom. The summed E-state index contributed by atoms with van der Waals surface area (Å²) in [4.78, 5) is 0. The molecule has 0 aromatic rings. The van der Waals surface area contributed by atoms with Gasteiger partial charge in [0, 0.05) is 19.8 Å². The molecule has 1 aliphatic carbocycles. The Bertz CT molecular complexity index is 142. The van der Waals surface area contributed by atoms with Crippen molar-refractivity contribution in [1.82, 2.24) is 0 Å². The van der Waals surface area contributed by atoms with E-state index < -0.39 is 9.28 Å². The first-order valence-electron chi connectivity index (χ1n) is 5.24. The van der Waals surface area contributed by atoms with Gasteiger partial charge in [0.05, 0.1) is 0 Å². The fraction of sp³-hybridized carbons (Fsp3) is 1.00. The molecule has 78 valence electrons. The van der Waals surface area contributed by atoms with Crippen molar-refractivity contribution in [1.29, 1.82) is 0 Å². The highest BCUT2D eigenvalue weighted by Crippen LogP contribution is 2.45. The van der Waals surface area contributed by atoms with Gasteiger partial charge in [-0.25, -0.2) is 0 Å². The molecule has 0 heterocycles. The normalized spacial score (nSPS) is 19.8. The van der Waals surface area contributed by atoms with Crippen LogP contribution in [0, 0.1) is 11.8 Å². The van der Waals surface area contributed by atoms with Crippen LogP contribution >= 0.6 is 0 Å². The van der Waals surface area contributed by atoms with E-state index >= 15 is 0 Å². The average molecular weight is 202 g/mol. The summed E-state index contributed by atoms with van der Waals surface area (Å²) in [6.45, 7) is 4.57. The molecule has 1 fully saturated rings. The van der Waals surface area contributed by atoms with Crippen molar-refractivity contribution in [3.05, 3.63) is 0 Å². The first-order valence-corrected chi connectivity index (χ1v) is 6.85. The van der Waals surface area contributed by atoms with Gasteiger partial charge in [-0.05, 0) is 18.3 Å². The van der Waals surface area contributed by atoms with Gasteiger partial charge in [0.2, 0.25) is 0 Å². The van der Waals surface area contributed by atoms with Crippen LogP contribution in [-0.4, -0.2) is 23.5 Å². The summed E-state index contributed by atoms with van der Waals surface area (Å²) in [7, 11) is 2.24. The first kappa shape index (κ1) is 11.2. The monoisotopic (exact) mass is 202 g/mol. The van der Waals surface area contributed by atoms with E-state index in [1.54, 1.807) is 14.2 Å². The predicted octanol–water partition coefficient (Wildman–Crippen LogP) is 2.33. The molecule has 0 amide bonds.